The molecule has 2 rings (SSSR count). The predicted octanol–water partition coefficient (Wildman–Crippen LogP) is 3.02. The Labute approximate surface area is 117 Å². The van der Waals surface area contributed by atoms with Crippen LogP contribution in [-0.4, -0.2) is 23.0 Å². The van der Waals surface area contributed by atoms with Crippen LogP contribution in [0.2, 0.25) is 0 Å². The van der Waals surface area contributed by atoms with Gasteiger partial charge in [-0.1, -0.05) is 18.3 Å². The van der Waals surface area contributed by atoms with Crippen molar-refractivity contribution in [2.24, 2.45) is 11.7 Å². The van der Waals surface area contributed by atoms with Crippen molar-refractivity contribution in [2.45, 2.75) is 12.8 Å². The van der Waals surface area contributed by atoms with Gasteiger partial charge in [0.05, 0.1) is 5.56 Å². The first kappa shape index (κ1) is 13.6. The van der Waals surface area contributed by atoms with Gasteiger partial charge in [-0.2, -0.15) is 11.8 Å². The second-order valence-electron chi connectivity index (χ2n) is 4.46. The Bertz CT molecular complexity index is 431. The Hall–Kier alpha value is -0.810. The fourth-order valence-corrected chi connectivity index (χ4v) is 3.54. The molecule has 0 bridgehead atoms. The minimum atomic E-state index is -0.355. The van der Waals surface area contributed by atoms with E-state index in [9.17, 15) is 4.39 Å². The maximum absolute atomic E-state index is 13.7. The zero-order valence-electron chi connectivity index (χ0n) is 10.1. The number of hydrogen-bond donors (Lipinski definition) is 2. The number of thiocarbonyl (C=S) groups is 1. The number of thioether (sulfide) groups is 1. The minimum Gasteiger partial charge on any atom is -0.389 e. The summed E-state index contributed by atoms with van der Waals surface area (Å²) in [4.78, 5) is 0.106. The molecule has 0 aromatic heterocycles. The monoisotopic (exact) mass is 284 g/mol. The highest BCUT2D eigenvalue weighted by molar-refractivity contribution is 7.99. The highest BCUT2D eigenvalue weighted by Gasteiger charge is 2.15. The van der Waals surface area contributed by atoms with Crippen LogP contribution < -0.4 is 11.1 Å². The van der Waals surface area contributed by atoms with Crippen LogP contribution in [0.3, 0.4) is 0 Å². The predicted molar refractivity (Wildman–Crippen MR) is 80.8 cm³/mol. The summed E-state index contributed by atoms with van der Waals surface area (Å²) in [6, 6.07) is 4.89. The van der Waals surface area contributed by atoms with Crippen LogP contribution in [0, 0.1) is 11.7 Å². The van der Waals surface area contributed by atoms with Crippen molar-refractivity contribution < 1.29 is 4.39 Å². The van der Waals surface area contributed by atoms with Gasteiger partial charge in [0.2, 0.25) is 0 Å². The molecule has 1 aromatic carbocycles. The summed E-state index contributed by atoms with van der Waals surface area (Å²) in [6.07, 6.45) is 2.44. The molecule has 1 saturated heterocycles. The average Bonchev–Trinajstić information content (AvgIpc) is 2.37. The molecule has 2 nitrogen and oxygen atoms in total. The SMILES string of the molecule is NC(=S)c1c(F)cccc1NCC1CCSCC1. The van der Waals surface area contributed by atoms with Gasteiger partial charge in [-0.05, 0) is 42.4 Å². The molecule has 18 heavy (non-hydrogen) atoms. The number of benzene rings is 1. The Morgan fingerprint density at radius 1 is 1.44 bits per heavy atom. The van der Waals surface area contributed by atoms with E-state index in [1.54, 1.807) is 6.07 Å². The van der Waals surface area contributed by atoms with E-state index in [2.05, 4.69) is 5.32 Å². The molecule has 3 N–H and O–H groups in total. The minimum absolute atomic E-state index is 0.106. The van der Waals surface area contributed by atoms with Gasteiger partial charge in [-0.15, -0.1) is 0 Å². The molecule has 1 fully saturated rings. The lowest BCUT2D eigenvalue weighted by Gasteiger charge is -2.22. The van der Waals surface area contributed by atoms with Crippen LogP contribution in [0.25, 0.3) is 0 Å². The van der Waals surface area contributed by atoms with Crippen molar-refractivity contribution in [3.05, 3.63) is 29.6 Å². The van der Waals surface area contributed by atoms with E-state index in [0.29, 0.717) is 17.2 Å². The van der Waals surface area contributed by atoms with Gasteiger partial charge in [-0.3, -0.25) is 0 Å². The lowest BCUT2D eigenvalue weighted by Crippen LogP contribution is -2.21. The fraction of sp³-hybridized carbons (Fsp3) is 0.462. The topological polar surface area (TPSA) is 38.0 Å². The van der Waals surface area contributed by atoms with Crippen LogP contribution in [-0.2, 0) is 0 Å². The normalized spacial score (nSPS) is 16.5. The van der Waals surface area contributed by atoms with Crippen molar-refractivity contribution >= 4 is 34.7 Å². The van der Waals surface area contributed by atoms with Crippen molar-refractivity contribution in [3.8, 4) is 0 Å². The van der Waals surface area contributed by atoms with Gasteiger partial charge < -0.3 is 11.1 Å². The molecule has 0 amide bonds. The van der Waals surface area contributed by atoms with Crippen LogP contribution >= 0.6 is 24.0 Å². The summed E-state index contributed by atoms with van der Waals surface area (Å²) in [5.41, 5.74) is 6.61. The second-order valence-corrected chi connectivity index (χ2v) is 6.13. The molecule has 98 valence electrons. The highest BCUT2D eigenvalue weighted by Crippen LogP contribution is 2.24. The van der Waals surface area contributed by atoms with E-state index in [0.717, 1.165) is 6.54 Å². The lowest BCUT2D eigenvalue weighted by molar-refractivity contribution is 0.516. The number of nitrogens with two attached hydrogens (primary N) is 1. The number of nitrogens with one attached hydrogen (secondary N) is 1. The Balaban J connectivity index is 2.04. The van der Waals surface area contributed by atoms with E-state index in [-0.39, 0.29) is 10.8 Å². The molecule has 0 unspecified atom stereocenters. The quantitative estimate of drug-likeness (QED) is 0.834. The van der Waals surface area contributed by atoms with Gasteiger partial charge >= 0.3 is 0 Å². The zero-order chi connectivity index (χ0) is 13.0. The maximum Gasteiger partial charge on any atom is 0.135 e. The Morgan fingerprint density at radius 2 is 2.17 bits per heavy atom. The van der Waals surface area contributed by atoms with E-state index in [1.165, 1.54) is 30.4 Å². The molecular weight excluding hydrogens is 267 g/mol. The molecule has 5 heteroatoms. The summed E-state index contributed by atoms with van der Waals surface area (Å²) in [7, 11) is 0. The molecule has 1 aliphatic rings. The van der Waals surface area contributed by atoms with Crippen LogP contribution in [0.4, 0.5) is 10.1 Å². The number of rotatable bonds is 4. The van der Waals surface area contributed by atoms with Crippen molar-refractivity contribution in [2.75, 3.05) is 23.4 Å². The highest BCUT2D eigenvalue weighted by atomic mass is 32.2. The standard InChI is InChI=1S/C13H17FN2S2/c14-10-2-1-3-11(12(10)13(15)17)16-8-9-4-6-18-7-5-9/h1-3,9,16H,4-8H2,(H2,15,17). The van der Waals surface area contributed by atoms with E-state index in [4.69, 9.17) is 18.0 Å². The Morgan fingerprint density at radius 3 is 2.83 bits per heavy atom. The van der Waals surface area contributed by atoms with Crippen LogP contribution in [0.1, 0.15) is 18.4 Å². The molecule has 1 aromatic rings. The van der Waals surface area contributed by atoms with Gasteiger partial charge in [0, 0.05) is 12.2 Å². The van der Waals surface area contributed by atoms with E-state index < -0.39 is 0 Å². The second kappa shape index (κ2) is 6.38. The van der Waals surface area contributed by atoms with Crippen molar-refractivity contribution in [1.29, 1.82) is 0 Å². The molecular formula is C13H17FN2S2. The fourth-order valence-electron chi connectivity index (χ4n) is 2.13. The summed E-state index contributed by atoms with van der Waals surface area (Å²) in [5, 5.41) is 3.29. The molecule has 0 spiro atoms. The summed E-state index contributed by atoms with van der Waals surface area (Å²) < 4.78 is 13.7. The third kappa shape index (κ3) is 3.36. The summed E-state index contributed by atoms with van der Waals surface area (Å²) in [5.74, 6) is 2.75. The van der Waals surface area contributed by atoms with Gasteiger partial charge in [0.25, 0.3) is 0 Å². The Kier molecular flexibility index (Phi) is 4.83. The first-order valence-corrected chi connectivity index (χ1v) is 7.64. The molecule has 0 radical (unpaired) electrons. The van der Waals surface area contributed by atoms with E-state index in [1.807, 2.05) is 17.8 Å². The summed E-state index contributed by atoms with van der Waals surface area (Å²) in [6.45, 7) is 0.861. The van der Waals surface area contributed by atoms with Crippen LogP contribution in [0.5, 0.6) is 0 Å². The molecule has 0 saturated carbocycles. The first-order valence-electron chi connectivity index (χ1n) is 6.08. The van der Waals surface area contributed by atoms with Crippen LogP contribution in [0.15, 0.2) is 18.2 Å². The van der Waals surface area contributed by atoms with E-state index >= 15 is 0 Å². The third-order valence-electron chi connectivity index (χ3n) is 3.18. The third-order valence-corrected chi connectivity index (χ3v) is 4.43. The molecule has 1 heterocycles. The van der Waals surface area contributed by atoms with Gasteiger partial charge in [0.15, 0.2) is 0 Å². The number of halogens is 1. The van der Waals surface area contributed by atoms with Gasteiger partial charge in [0.1, 0.15) is 10.8 Å². The zero-order valence-corrected chi connectivity index (χ0v) is 11.7. The number of anilines is 1. The largest absolute Gasteiger partial charge is 0.389 e. The van der Waals surface area contributed by atoms with Crippen molar-refractivity contribution in [1.82, 2.24) is 0 Å². The smallest absolute Gasteiger partial charge is 0.135 e. The first-order chi connectivity index (χ1) is 8.68. The van der Waals surface area contributed by atoms with Crippen molar-refractivity contribution in [3.63, 3.8) is 0 Å². The van der Waals surface area contributed by atoms with Gasteiger partial charge in [-0.25, -0.2) is 4.39 Å². The maximum atomic E-state index is 13.7. The molecule has 1 aliphatic heterocycles. The summed E-state index contributed by atoms with van der Waals surface area (Å²) >= 11 is 6.90. The molecule has 0 atom stereocenters. The lowest BCUT2D eigenvalue weighted by atomic mass is 10.0. The average molecular weight is 284 g/mol. The molecule has 0 aliphatic carbocycles. The number of hydrogen-bond acceptors (Lipinski definition) is 3.